The summed E-state index contributed by atoms with van der Waals surface area (Å²) in [4.78, 5) is 0.910. The highest BCUT2D eigenvalue weighted by atomic mass is 32.1. The summed E-state index contributed by atoms with van der Waals surface area (Å²) in [5.74, 6) is 1.91. The first-order valence-corrected chi connectivity index (χ1v) is 13.1. The van der Waals surface area contributed by atoms with Crippen LogP contribution in [-0.4, -0.2) is 23.7 Å². The minimum absolute atomic E-state index is 0.00925. The van der Waals surface area contributed by atoms with Crippen molar-refractivity contribution in [2.75, 3.05) is 16.6 Å². The van der Waals surface area contributed by atoms with Gasteiger partial charge in [-0.1, -0.05) is 46.8 Å². The second-order valence-electron chi connectivity index (χ2n) is 12.0. The van der Waals surface area contributed by atoms with Crippen LogP contribution in [0.1, 0.15) is 68.7 Å². The van der Waals surface area contributed by atoms with Gasteiger partial charge >= 0.3 is 0 Å². The third-order valence-electron chi connectivity index (χ3n) is 6.02. The number of hydrazine groups is 2. The van der Waals surface area contributed by atoms with Crippen molar-refractivity contribution in [3.05, 3.63) is 48.5 Å². The average molecular weight is 498 g/mol. The van der Waals surface area contributed by atoms with E-state index in [4.69, 9.17) is 21.7 Å². The van der Waals surface area contributed by atoms with Gasteiger partial charge in [-0.15, -0.1) is 5.53 Å². The van der Waals surface area contributed by atoms with E-state index in [0.717, 1.165) is 40.8 Å². The van der Waals surface area contributed by atoms with Gasteiger partial charge in [0.1, 0.15) is 16.5 Å². The number of rotatable bonds is 8. The predicted octanol–water partition coefficient (Wildman–Crippen LogP) is 7.41. The van der Waals surface area contributed by atoms with E-state index in [1.165, 1.54) is 0 Å². The molecule has 1 atom stereocenters. The summed E-state index contributed by atoms with van der Waals surface area (Å²) >= 11 is 6.13. The van der Waals surface area contributed by atoms with E-state index in [0.29, 0.717) is 0 Å². The number of anilines is 2. The third-order valence-corrected chi connectivity index (χ3v) is 6.49. The van der Waals surface area contributed by atoms with Gasteiger partial charge in [-0.05, 0) is 93.5 Å². The molecule has 0 aromatic heterocycles. The predicted molar refractivity (Wildman–Crippen MR) is 151 cm³/mol. The zero-order chi connectivity index (χ0) is 26.0. The van der Waals surface area contributed by atoms with Crippen molar-refractivity contribution in [1.29, 1.82) is 0 Å². The summed E-state index contributed by atoms with van der Waals surface area (Å²) in [5.41, 5.74) is 5.84. The van der Waals surface area contributed by atoms with Crippen LogP contribution in [0.5, 0.6) is 11.5 Å². The van der Waals surface area contributed by atoms with Crippen molar-refractivity contribution >= 4 is 28.6 Å². The molecular weight excluding hydrogens is 454 g/mol. The Bertz CT molecular complexity index is 978. The third kappa shape index (κ3) is 7.34. The molecule has 0 radical (unpaired) electrons. The highest BCUT2D eigenvalue weighted by molar-refractivity contribution is 7.80. The van der Waals surface area contributed by atoms with Gasteiger partial charge in [-0.25, -0.2) is 0 Å². The summed E-state index contributed by atoms with van der Waals surface area (Å²) in [6.07, 6.45) is 1.34. The Labute approximate surface area is 217 Å². The topological polar surface area (TPSA) is 37.0 Å². The van der Waals surface area contributed by atoms with Crippen molar-refractivity contribution in [2.45, 2.75) is 80.9 Å². The average Bonchev–Trinajstić information content (AvgIpc) is 2.72. The Morgan fingerprint density at radius 3 is 1.71 bits per heavy atom. The molecule has 0 spiro atoms. The fraction of sp³-hybridized carbons (Fsp3) is 0.552. The molecule has 0 saturated carbocycles. The summed E-state index contributed by atoms with van der Waals surface area (Å²) < 4.78 is 11.7. The zero-order valence-corrected chi connectivity index (χ0v) is 23.7. The summed E-state index contributed by atoms with van der Waals surface area (Å²) in [6.45, 7) is 20.5. The van der Waals surface area contributed by atoms with E-state index in [2.05, 4.69) is 69.4 Å². The van der Waals surface area contributed by atoms with E-state index in [1.54, 1.807) is 0 Å². The second-order valence-corrected chi connectivity index (χ2v) is 12.4. The Balaban J connectivity index is 1.94. The van der Waals surface area contributed by atoms with Gasteiger partial charge in [0.05, 0.1) is 23.6 Å². The Kier molecular flexibility index (Phi) is 8.38. The van der Waals surface area contributed by atoms with Crippen LogP contribution < -0.4 is 25.0 Å². The molecule has 5 nitrogen and oxygen atoms in total. The van der Waals surface area contributed by atoms with E-state index < -0.39 is 0 Å². The minimum Gasteiger partial charge on any atom is -0.491 e. The quantitative estimate of drug-likeness (QED) is 0.383. The molecule has 1 aliphatic heterocycles. The molecule has 6 heteroatoms. The molecule has 1 aliphatic rings. The lowest BCUT2D eigenvalue weighted by Crippen LogP contribution is -2.64. The molecule has 35 heavy (non-hydrogen) atoms. The van der Waals surface area contributed by atoms with Crippen molar-refractivity contribution in [1.82, 2.24) is 5.53 Å². The molecule has 1 heterocycles. The zero-order valence-electron chi connectivity index (χ0n) is 22.9. The van der Waals surface area contributed by atoms with Gasteiger partial charge in [-0.3, -0.25) is 10.0 Å². The van der Waals surface area contributed by atoms with Gasteiger partial charge in [0, 0.05) is 12.5 Å². The fourth-order valence-corrected chi connectivity index (χ4v) is 5.51. The number of ether oxygens (including phenoxy) is 2. The molecular formula is C29H43N3O2S. The molecule has 1 saturated heterocycles. The lowest BCUT2D eigenvalue weighted by atomic mass is 9.68. The molecule has 1 fully saturated rings. The van der Waals surface area contributed by atoms with Crippen molar-refractivity contribution < 1.29 is 9.47 Å². The van der Waals surface area contributed by atoms with Crippen LogP contribution in [0.25, 0.3) is 0 Å². The number of nitrogens with one attached hydrogen (secondary N) is 1. The number of thiocarbonyl (C=S) groups is 1. The first kappa shape index (κ1) is 27.3. The van der Waals surface area contributed by atoms with Gasteiger partial charge in [-0.2, -0.15) is 0 Å². The van der Waals surface area contributed by atoms with Crippen LogP contribution in [0.3, 0.4) is 0 Å². The first-order chi connectivity index (χ1) is 16.2. The molecule has 0 aliphatic carbocycles. The van der Waals surface area contributed by atoms with E-state index in [1.807, 2.05) is 57.0 Å². The number of benzene rings is 2. The van der Waals surface area contributed by atoms with Crippen LogP contribution in [-0.2, 0) is 0 Å². The number of hydrogen-bond donors (Lipinski definition) is 1. The maximum atomic E-state index is 6.13. The second kappa shape index (κ2) is 10.8. The molecule has 1 N–H and O–H groups in total. The summed E-state index contributed by atoms with van der Waals surface area (Å²) in [5, 5.41) is 4.24. The lowest BCUT2D eigenvalue weighted by molar-refractivity contribution is 0.163. The standard InChI is InChI=1S/C29H43N3O2S/c1-20(2)33-24-14-10-22(11-15-24)31-18-26(29(8,9)19-28(5,6)7)27(35)32(30-31)23-12-16-25(17-13-23)34-21(3)4/h10-17,20-21,26,30H,18-19H2,1-9H3/t26-/m0/s1. The van der Waals surface area contributed by atoms with E-state index >= 15 is 0 Å². The molecule has 0 unspecified atom stereocenters. The fourth-order valence-electron chi connectivity index (χ4n) is 4.97. The van der Waals surface area contributed by atoms with Gasteiger partial charge in [0.15, 0.2) is 0 Å². The Hall–Kier alpha value is -2.31. The highest BCUT2D eigenvalue weighted by Gasteiger charge is 2.42. The SMILES string of the molecule is CC(C)Oc1ccc(N2C[C@H](C(C)(C)CC(C)(C)C)C(=S)N(c3ccc(OC(C)C)cc3)N2)cc1. The molecule has 3 rings (SSSR count). The molecule has 2 aromatic carbocycles. The number of hydrogen-bond acceptors (Lipinski definition) is 5. The summed E-state index contributed by atoms with van der Waals surface area (Å²) in [7, 11) is 0. The van der Waals surface area contributed by atoms with E-state index in [9.17, 15) is 0 Å². The van der Waals surface area contributed by atoms with Crippen LogP contribution in [0.2, 0.25) is 0 Å². The van der Waals surface area contributed by atoms with Crippen LogP contribution in [0.15, 0.2) is 48.5 Å². The number of nitrogens with zero attached hydrogens (tertiary/aromatic N) is 2. The maximum absolute atomic E-state index is 6.13. The van der Waals surface area contributed by atoms with Crippen LogP contribution in [0, 0.1) is 16.7 Å². The monoisotopic (exact) mass is 497 g/mol. The Morgan fingerprint density at radius 1 is 0.829 bits per heavy atom. The van der Waals surface area contributed by atoms with Crippen molar-refractivity contribution in [3.8, 4) is 11.5 Å². The maximum Gasteiger partial charge on any atom is 0.119 e. The van der Waals surface area contributed by atoms with Gasteiger partial charge in [0.2, 0.25) is 0 Å². The minimum atomic E-state index is 0.00925. The van der Waals surface area contributed by atoms with Gasteiger partial charge < -0.3 is 9.47 Å². The molecule has 192 valence electrons. The molecule has 0 amide bonds. The molecule has 2 aromatic rings. The van der Waals surface area contributed by atoms with Crippen LogP contribution >= 0.6 is 12.2 Å². The van der Waals surface area contributed by atoms with E-state index in [-0.39, 0.29) is 29.0 Å². The lowest BCUT2D eigenvalue weighted by Gasteiger charge is -2.49. The Morgan fingerprint density at radius 2 is 1.29 bits per heavy atom. The van der Waals surface area contributed by atoms with Crippen molar-refractivity contribution in [3.63, 3.8) is 0 Å². The molecule has 0 bridgehead atoms. The van der Waals surface area contributed by atoms with Gasteiger partial charge in [0.25, 0.3) is 0 Å². The highest BCUT2D eigenvalue weighted by Crippen LogP contribution is 2.42. The summed E-state index contributed by atoms with van der Waals surface area (Å²) in [6, 6.07) is 16.4. The van der Waals surface area contributed by atoms with Crippen molar-refractivity contribution in [2.24, 2.45) is 16.7 Å². The van der Waals surface area contributed by atoms with Crippen LogP contribution in [0.4, 0.5) is 11.4 Å². The first-order valence-electron chi connectivity index (χ1n) is 12.7. The smallest absolute Gasteiger partial charge is 0.119 e. The normalized spacial score (nSPS) is 17.3. The largest absolute Gasteiger partial charge is 0.491 e.